The van der Waals surface area contributed by atoms with Crippen LogP contribution in [-0.4, -0.2) is 49.8 Å². The van der Waals surface area contributed by atoms with Crippen LogP contribution in [-0.2, 0) is 14.3 Å². The summed E-state index contributed by atoms with van der Waals surface area (Å²) in [5.74, 6) is -0.838. The van der Waals surface area contributed by atoms with Crippen LogP contribution in [0.5, 0.6) is 5.75 Å². The Kier molecular flexibility index (Phi) is 2.88. The van der Waals surface area contributed by atoms with Crippen molar-refractivity contribution in [3.05, 3.63) is 29.3 Å². The van der Waals surface area contributed by atoms with E-state index in [1.165, 1.54) is 18.2 Å². The molecule has 23 heavy (non-hydrogen) atoms. The summed E-state index contributed by atoms with van der Waals surface area (Å²) in [4.78, 5) is 12.0. The fourth-order valence-electron chi connectivity index (χ4n) is 4.38. The van der Waals surface area contributed by atoms with E-state index < -0.39 is 41.6 Å². The third-order valence-electron chi connectivity index (χ3n) is 5.46. The predicted octanol–water partition coefficient (Wildman–Crippen LogP) is 0.0668. The van der Waals surface area contributed by atoms with Gasteiger partial charge in [-0.05, 0) is 18.6 Å². The zero-order valence-corrected chi connectivity index (χ0v) is 12.5. The molecule has 4 N–H and O–H groups in total. The first-order valence-corrected chi connectivity index (χ1v) is 7.59. The average molecular weight is 322 g/mol. The Balaban J connectivity index is 1.99. The minimum absolute atomic E-state index is 0.0312. The molecule has 1 aliphatic carbocycles. The minimum Gasteiger partial charge on any atom is -0.508 e. The van der Waals surface area contributed by atoms with Crippen LogP contribution >= 0.6 is 0 Å². The number of ether oxygens (including phenoxy) is 2. The van der Waals surface area contributed by atoms with Gasteiger partial charge in [0.1, 0.15) is 18.0 Å². The Morgan fingerprint density at radius 2 is 2.00 bits per heavy atom. The molecule has 0 radical (unpaired) electrons. The van der Waals surface area contributed by atoms with Crippen molar-refractivity contribution in [2.75, 3.05) is 0 Å². The Morgan fingerprint density at radius 3 is 2.74 bits per heavy atom. The molecule has 7 heteroatoms. The van der Waals surface area contributed by atoms with Crippen LogP contribution in [0.4, 0.5) is 0 Å². The Hall–Kier alpha value is -1.67. The zero-order chi connectivity index (χ0) is 16.6. The van der Waals surface area contributed by atoms with E-state index in [0.717, 1.165) is 0 Å². The van der Waals surface area contributed by atoms with Gasteiger partial charge in [-0.15, -0.1) is 0 Å². The highest BCUT2D eigenvalue weighted by molar-refractivity contribution is 5.72. The standard InChI is InChI=1S/C16H18O7/c1-7-16(21)14(20)12-9(3-2-4-10(12)17)13(19)15(16)6-8(22-7)5-11(18)23-15/h2-4,7-8,13-14,17,19-21H,5-6H2,1H3/t7-,8-,13+,14-,15-,16-/m0/s1. The number of phenols is 1. The lowest BCUT2D eigenvalue weighted by Crippen LogP contribution is -2.75. The maximum absolute atomic E-state index is 12.0. The fourth-order valence-corrected chi connectivity index (χ4v) is 4.38. The number of hydrogen-bond donors (Lipinski definition) is 4. The monoisotopic (exact) mass is 322 g/mol. The van der Waals surface area contributed by atoms with Gasteiger partial charge >= 0.3 is 5.97 Å². The van der Waals surface area contributed by atoms with E-state index in [1.807, 2.05) is 0 Å². The summed E-state index contributed by atoms with van der Waals surface area (Å²) in [6, 6.07) is 4.42. The molecule has 2 fully saturated rings. The molecule has 2 aliphatic heterocycles. The lowest BCUT2D eigenvalue weighted by atomic mass is 9.59. The van der Waals surface area contributed by atoms with Gasteiger partial charge in [-0.25, -0.2) is 0 Å². The number of rotatable bonds is 0. The Labute approximate surface area is 132 Å². The van der Waals surface area contributed by atoms with Crippen molar-refractivity contribution < 1.29 is 34.7 Å². The molecule has 124 valence electrons. The van der Waals surface area contributed by atoms with Crippen molar-refractivity contribution in [2.24, 2.45) is 0 Å². The van der Waals surface area contributed by atoms with E-state index in [4.69, 9.17) is 9.47 Å². The highest BCUT2D eigenvalue weighted by Gasteiger charge is 2.72. The number of phenolic OH excluding ortho intramolecular Hbond substituents is 1. The second kappa shape index (κ2) is 4.45. The van der Waals surface area contributed by atoms with Gasteiger partial charge in [-0.2, -0.15) is 0 Å². The molecule has 1 spiro atoms. The summed E-state index contributed by atoms with van der Waals surface area (Å²) in [5, 5.41) is 43.0. The van der Waals surface area contributed by atoms with Crippen molar-refractivity contribution in [3.63, 3.8) is 0 Å². The second-order valence-electron chi connectivity index (χ2n) is 6.58. The van der Waals surface area contributed by atoms with Crippen LogP contribution in [0.15, 0.2) is 18.2 Å². The number of hydrogen-bond acceptors (Lipinski definition) is 7. The van der Waals surface area contributed by atoms with Gasteiger partial charge in [-0.3, -0.25) is 4.79 Å². The second-order valence-corrected chi connectivity index (χ2v) is 6.58. The molecule has 0 unspecified atom stereocenters. The average Bonchev–Trinajstić information content (AvgIpc) is 2.49. The van der Waals surface area contributed by atoms with Crippen LogP contribution in [0, 0.1) is 0 Å². The number of esters is 1. The van der Waals surface area contributed by atoms with Crippen molar-refractivity contribution in [1.82, 2.24) is 0 Å². The molecular formula is C16H18O7. The van der Waals surface area contributed by atoms with E-state index in [-0.39, 0.29) is 29.7 Å². The number of carbonyl (C=O) groups is 1. The van der Waals surface area contributed by atoms with E-state index in [0.29, 0.717) is 0 Å². The van der Waals surface area contributed by atoms with Crippen LogP contribution in [0.1, 0.15) is 43.1 Å². The summed E-state index contributed by atoms with van der Waals surface area (Å²) >= 11 is 0. The third kappa shape index (κ3) is 1.60. The summed E-state index contributed by atoms with van der Waals surface area (Å²) in [5.41, 5.74) is -3.50. The largest absolute Gasteiger partial charge is 0.508 e. The lowest BCUT2D eigenvalue weighted by Gasteiger charge is -2.61. The fraction of sp³-hybridized carbons (Fsp3) is 0.562. The maximum Gasteiger partial charge on any atom is 0.309 e. The Morgan fingerprint density at radius 1 is 1.26 bits per heavy atom. The molecule has 7 nitrogen and oxygen atoms in total. The van der Waals surface area contributed by atoms with Crippen molar-refractivity contribution >= 4 is 5.97 Å². The highest BCUT2D eigenvalue weighted by atomic mass is 16.6. The molecule has 1 aromatic carbocycles. The molecule has 0 saturated carbocycles. The molecule has 0 amide bonds. The van der Waals surface area contributed by atoms with E-state index >= 15 is 0 Å². The molecule has 4 rings (SSSR count). The number of aliphatic hydroxyl groups is 3. The van der Waals surface area contributed by atoms with Gasteiger partial charge < -0.3 is 29.9 Å². The first-order valence-electron chi connectivity index (χ1n) is 7.59. The van der Waals surface area contributed by atoms with Crippen LogP contribution in [0.2, 0.25) is 0 Å². The maximum atomic E-state index is 12.0. The van der Waals surface area contributed by atoms with Gasteiger partial charge in [0, 0.05) is 12.0 Å². The third-order valence-corrected chi connectivity index (χ3v) is 5.46. The summed E-state index contributed by atoms with van der Waals surface area (Å²) in [6.45, 7) is 1.56. The summed E-state index contributed by atoms with van der Waals surface area (Å²) in [6.07, 6.45) is -4.22. The van der Waals surface area contributed by atoms with Gasteiger partial charge in [0.05, 0.1) is 18.6 Å². The number of aromatic hydroxyl groups is 1. The molecule has 2 saturated heterocycles. The van der Waals surface area contributed by atoms with Gasteiger partial charge in [-0.1, -0.05) is 12.1 Å². The predicted molar refractivity (Wildman–Crippen MR) is 75.4 cm³/mol. The van der Waals surface area contributed by atoms with Gasteiger partial charge in [0.15, 0.2) is 11.2 Å². The topological polar surface area (TPSA) is 116 Å². The molecule has 2 heterocycles. The minimum atomic E-state index is -2.06. The summed E-state index contributed by atoms with van der Waals surface area (Å²) < 4.78 is 11.1. The van der Waals surface area contributed by atoms with Gasteiger partial charge in [0.2, 0.25) is 0 Å². The molecule has 0 aromatic heterocycles. The van der Waals surface area contributed by atoms with E-state index in [9.17, 15) is 25.2 Å². The number of fused-ring (bicyclic) bond motifs is 2. The SMILES string of the molecule is C[C@@H]1O[C@H]2CC(=O)O[C@@]3(C2)[C@H](O)c2cccc(O)c2[C@H](O)[C@@]13O. The summed E-state index contributed by atoms with van der Waals surface area (Å²) in [7, 11) is 0. The van der Waals surface area contributed by atoms with Gasteiger partial charge in [0.25, 0.3) is 0 Å². The quantitative estimate of drug-likeness (QED) is 0.499. The first kappa shape index (κ1) is 14.9. The zero-order valence-electron chi connectivity index (χ0n) is 12.5. The van der Waals surface area contributed by atoms with E-state index in [2.05, 4.69) is 0 Å². The molecule has 3 aliphatic rings. The molecule has 6 atom stereocenters. The van der Waals surface area contributed by atoms with Crippen molar-refractivity contribution in [2.45, 2.75) is 55.4 Å². The lowest BCUT2D eigenvalue weighted by molar-refractivity contribution is -0.347. The Bertz CT molecular complexity index is 689. The van der Waals surface area contributed by atoms with E-state index in [1.54, 1.807) is 6.92 Å². The van der Waals surface area contributed by atoms with Crippen molar-refractivity contribution in [3.8, 4) is 5.75 Å². The number of aliphatic hydroxyl groups excluding tert-OH is 2. The molecule has 1 aromatic rings. The number of carbonyl (C=O) groups excluding carboxylic acids is 1. The van der Waals surface area contributed by atoms with Crippen molar-refractivity contribution in [1.29, 1.82) is 0 Å². The van der Waals surface area contributed by atoms with Crippen LogP contribution < -0.4 is 0 Å². The normalized spacial score (nSPS) is 45.0. The van der Waals surface area contributed by atoms with Crippen LogP contribution in [0.25, 0.3) is 0 Å². The smallest absolute Gasteiger partial charge is 0.309 e. The van der Waals surface area contributed by atoms with Crippen LogP contribution in [0.3, 0.4) is 0 Å². The first-order chi connectivity index (χ1) is 10.8. The number of benzene rings is 1. The highest BCUT2D eigenvalue weighted by Crippen LogP contribution is 2.60. The molecule has 2 bridgehead atoms. The molecular weight excluding hydrogens is 304 g/mol.